The maximum Gasteiger partial charge on any atom is 0.119 e. The van der Waals surface area contributed by atoms with Gasteiger partial charge in [0, 0.05) is 6.42 Å². The molecule has 1 radical (unpaired) electrons. The molecule has 1 aromatic carbocycles. The fraction of sp³-hybridized carbons (Fsp3) is 0.385. The van der Waals surface area contributed by atoms with Crippen molar-refractivity contribution in [3.63, 3.8) is 0 Å². The Morgan fingerprint density at radius 2 is 2.00 bits per heavy atom. The van der Waals surface area contributed by atoms with E-state index in [-0.39, 0.29) is 0 Å². The van der Waals surface area contributed by atoms with Gasteiger partial charge < -0.3 is 4.74 Å². The number of terminal acetylenes is 1. The molecule has 0 N–H and O–H groups in total. The van der Waals surface area contributed by atoms with Crippen molar-refractivity contribution in [2.45, 2.75) is 25.7 Å². The first-order chi connectivity index (χ1) is 6.93. The smallest absolute Gasteiger partial charge is 0.119 e. The van der Waals surface area contributed by atoms with Crippen molar-refractivity contribution in [2.24, 2.45) is 0 Å². The first-order valence-electron chi connectivity index (χ1n) is 4.96. The van der Waals surface area contributed by atoms with Crippen LogP contribution in [-0.2, 0) is 0 Å². The molecule has 1 rings (SSSR count). The number of hydrogen-bond donors (Lipinski definition) is 0. The zero-order chi connectivity index (χ0) is 10.1. The van der Waals surface area contributed by atoms with Crippen molar-refractivity contribution in [3.8, 4) is 18.1 Å². The quantitative estimate of drug-likeness (QED) is 0.491. The van der Waals surface area contributed by atoms with Gasteiger partial charge in [-0.25, -0.2) is 0 Å². The molecule has 1 nitrogen and oxygen atoms in total. The minimum atomic E-state index is 0.772. The van der Waals surface area contributed by atoms with Crippen molar-refractivity contribution in [3.05, 3.63) is 30.3 Å². The van der Waals surface area contributed by atoms with Crippen LogP contribution >= 0.6 is 0 Å². The van der Waals surface area contributed by atoms with Gasteiger partial charge in [-0.2, -0.15) is 0 Å². The summed E-state index contributed by atoms with van der Waals surface area (Å²) < 4.78 is 5.51. The lowest BCUT2D eigenvalue weighted by Gasteiger charge is -2.04. The molecule has 0 aromatic heterocycles. The molecule has 0 fully saturated rings. The molecule has 1 aromatic rings. The van der Waals surface area contributed by atoms with Gasteiger partial charge in [0.25, 0.3) is 0 Å². The lowest BCUT2D eigenvalue weighted by molar-refractivity contribution is 0.305. The predicted molar refractivity (Wildman–Crippen MR) is 58.1 cm³/mol. The van der Waals surface area contributed by atoms with E-state index in [1.165, 1.54) is 0 Å². The van der Waals surface area contributed by atoms with Crippen LogP contribution in [0.1, 0.15) is 25.7 Å². The third-order valence-electron chi connectivity index (χ3n) is 1.92. The zero-order valence-electron chi connectivity index (χ0n) is 8.33. The van der Waals surface area contributed by atoms with Crippen LogP contribution in [0.15, 0.2) is 24.3 Å². The average molecular weight is 187 g/mol. The summed E-state index contributed by atoms with van der Waals surface area (Å²) in [4.78, 5) is 0. The molecule has 0 bridgehead atoms. The van der Waals surface area contributed by atoms with Crippen molar-refractivity contribution in [1.29, 1.82) is 0 Å². The molecule has 0 saturated carbocycles. The number of rotatable bonds is 6. The Morgan fingerprint density at radius 3 is 2.71 bits per heavy atom. The second-order valence-corrected chi connectivity index (χ2v) is 3.10. The van der Waals surface area contributed by atoms with E-state index in [0.717, 1.165) is 38.0 Å². The third-order valence-corrected chi connectivity index (χ3v) is 1.92. The van der Waals surface area contributed by atoms with E-state index in [9.17, 15) is 0 Å². The first kappa shape index (κ1) is 10.7. The number of ether oxygens (including phenoxy) is 1. The van der Waals surface area contributed by atoms with Gasteiger partial charge in [-0.3, -0.25) is 0 Å². The predicted octanol–water partition coefficient (Wildman–Crippen LogP) is 3.06. The topological polar surface area (TPSA) is 9.23 Å². The highest BCUT2D eigenvalue weighted by Crippen LogP contribution is 2.09. The summed E-state index contributed by atoms with van der Waals surface area (Å²) in [7, 11) is 0. The summed E-state index contributed by atoms with van der Waals surface area (Å²) in [6, 6.07) is 10.5. The second kappa shape index (κ2) is 7.03. The fourth-order valence-electron chi connectivity index (χ4n) is 1.16. The summed E-state index contributed by atoms with van der Waals surface area (Å²) in [6.07, 6.45) is 9.34. The second-order valence-electron chi connectivity index (χ2n) is 3.10. The third kappa shape index (κ3) is 4.57. The molecule has 14 heavy (non-hydrogen) atoms. The lowest BCUT2D eigenvalue weighted by atomic mass is 10.2. The highest BCUT2D eigenvalue weighted by molar-refractivity contribution is 5.20. The monoisotopic (exact) mass is 187 g/mol. The van der Waals surface area contributed by atoms with Gasteiger partial charge in [-0.05, 0) is 37.5 Å². The van der Waals surface area contributed by atoms with Crippen LogP contribution in [0.25, 0.3) is 0 Å². The highest BCUT2D eigenvalue weighted by Gasteiger charge is 1.91. The van der Waals surface area contributed by atoms with E-state index in [2.05, 4.69) is 12.0 Å². The Morgan fingerprint density at radius 1 is 1.21 bits per heavy atom. The number of benzene rings is 1. The normalized spacial score (nSPS) is 9.36. The number of hydrogen-bond acceptors (Lipinski definition) is 1. The van der Waals surface area contributed by atoms with Gasteiger partial charge in [0.05, 0.1) is 6.61 Å². The molecule has 0 atom stereocenters. The van der Waals surface area contributed by atoms with E-state index in [1.54, 1.807) is 0 Å². The minimum absolute atomic E-state index is 0.772. The van der Waals surface area contributed by atoms with Crippen LogP contribution in [0, 0.1) is 18.4 Å². The zero-order valence-corrected chi connectivity index (χ0v) is 8.33. The molecule has 0 amide bonds. The van der Waals surface area contributed by atoms with Crippen LogP contribution < -0.4 is 4.74 Å². The summed E-state index contributed by atoms with van der Waals surface area (Å²) >= 11 is 0. The molecular formula is C13H15O. The fourth-order valence-corrected chi connectivity index (χ4v) is 1.16. The Balaban J connectivity index is 2.03. The molecular weight excluding hydrogens is 172 g/mol. The lowest BCUT2D eigenvalue weighted by Crippen LogP contribution is -1.96. The van der Waals surface area contributed by atoms with Crippen molar-refractivity contribution in [1.82, 2.24) is 0 Å². The van der Waals surface area contributed by atoms with Crippen LogP contribution in [0.5, 0.6) is 5.75 Å². The van der Waals surface area contributed by atoms with Crippen LogP contribution in [0.4, 0.5) is 0 Å². The van der Waals surface area contributed by atoms with Crippen molar-refractivity contribution < 1.29 is 4.74 Å². The maximum atomic E-state index is 5.51. The molecule has 1 heteroatoms. The Bertz CT molecular complexity index is 271. The Labute approximate surface area is 86.1 Å². The summed E-state index contributed by atoms with van der Waals surface area (Å²) in [5, 5.41) is 0. The van der Waals surface area contributed by atoms with Gasteiger partial charge >= 0.3 is 0 Å². The number of unbranched alkanes of at least 4 members (excludes halogenated alkanes) is 3. The van der Waals surface area contributed by atoms with Crippen LogP contribution in [0.3, 0.4) is 0 Å². The van der Waals surface area contributed by atoms with Gasteiger partial charge in [0.15, 0.2) is 0 Å². The Hall–Kier alpha value is -1.42. The molecule has 0 aliphatic heterocycles. The Kier molecular flexibility index (Phi) is 5.35. The molecule has 0 spiro atoms. The average Bonchev–Trinajstić information content (AvgIpc) is 2.25. The van der Waals surface area contributed by atoms with Gasteiger partial charge in [-0.1, -0.05) is 12.1 Å². The van der Waals surface area contributed by atoms with Gasteiger partial charge in [0.2, 0.25) is 0 Å². The molecule has 73 valence electrons. The maximum absolute atomic E-state index is 5.51. The minimum Gasteiger partial charge on any atom is -0.494 e. The van der Waals surface area contributed by atoms with E-state index >= 15 is 0 Å². The molecule has 0 saturated heterocycles. The van der Waals surface area contributed by atoms with E-state index in [0.29, 0.717) is 0 Å². The molecule has 0 unspecified atom stereocenters. The SMILES string of the molecule is C#CCCCCCOc1cc[c]cc1. The summed E-state index contributed by atoms with van der Waals surface area (Å²) in [5.41, 5.74) is 0. The van der Waals surface area contributed by atoms with Crippen LogP contribution in [0.2, 0.25) is 0 Å². The van der Waals surface area contributed by atoms with Crippen molar-refractivity contribution >= 4 is 0 Å². The largest absolute Gasteiger partial charge is 0.494 e. The van der Waals surface area contributed by atoms with E-state index in [4.69, 9.17) is 11.2 Å². The molecule has 0 heterocycles. The molecule has 0 aliphatic carbocycles. The molecule has 0 aliphatic rings. The van der Waals surface area contributed by atoms with E-state index < -0.39 is 0 Å². The first-order valence-corrected chi connectivity index (χ1v) is 4.96. The summed E-state index contributed by atoms with van der Waals surface area (Å²) in [6.45, 7) is 0.772. The standard InChI is InChI=1S/C13H15O/c1-2-3-4-5-9-12-14-13-10-7-6-8-11-13/h1,7-8,10-11H,3-5,9,12H2. The van der Waals surface area contributed by atoms with Gasteiger partial charge in [-0.15, -0.1) is 12.3 Å². The van der Waals surface area contributed by atoms with Gasteiger partial charge in [0.1, 0.15) is 5.75 Å². The van der Waals surface area contributed by atoms with Crippen molar-refractivity contribution in [2.75, 3.05) is 6.61 Å². The van der Waals surface area contributed by atoms with E-state index in [1.807, 2.05) is 24.3 Å². The van der Waals surface area contributed by atoms with Crippen LogP contribution in [-0.4, -0.2) is 6.61 Å². The summed E-state index contributed by atoms with van der Waals surface area (Å²) in [5.74, 6) is 3.55. The highest BCUT2D eigenvalue weighted by atomic mass is 16.5.